The summed E-state index contributed by atoms with van der Waals surface area (Å²) < 4.78 is 1.63. The van der Waals surface area contributed by atoms with Crippen LogP contribution in [0, 0.1) is 0 Å². The average molecular weight is 355 g/mol. The molecule has 136 valence electrons. The van der Waals surface area contributed by atoms with Crippen molar-refractivity contribution in [2.75, 3.05) is 0 Å². The summed E-state index contributed by atoms with van der Waals surface area (Å²) in [6.07, 6.45) is 0.953. The second-order valence-corrected chi connectivity index (χ2v) is 6.47. The van der Waals surface area contributed by atoms with Gasteiger partial charge in [0.2, 0.25) is 11.2 Å². The van der Waals surface area contributed by atoms with Crippen molar-refractivity contribution in [3.05, 3.63) is 58.4 Å². The molecule has 6 heteroatoms. The number of fused-ring (bicyclic) bond motifs is 1. The Balaban J connectivity index is 2.32. The number of ketones is 1. The fraction of sp³-hybridized carbons (Fsp3) is 0.350. The van der Waals surface area contributed by atoms with Gasteiger partial charge in [-0.05, 0) is 30.4 Å². The Hall–Kier alpha value is -2.89. The van der Waals surface area contributed by atoms with Gasteiger partial charge in [0.05, 0.1) is 11.4 Å². The summed E-state index contributed by atoms with van der Waals surface area (Å²) in [6.45, 7) is 3.96. The highest BCUT2D eigenvalue weighted by molar-refractivity contribution is 6.11. The van der Waals surface area contributed by atoms with Gasteiger partial charge in [-0.2, -0.15) is 0 Å². The molecule has 0 atom stereocenters. The van der Waals surface area contributed by atoms with Crippen LogP contribution < -0.4 is 0 Å². The van der Waals surface area contributed by atoms with E-state index >= 15 is 0 Å². The van der Waals surface area contributed by atoms with Gasteiger partial charge in [-0.25, -0.2) is 0 Å². The maximum Gasteiger partial charge on any atom is 0.327 e. The lowest BCUT2D eigenvalue weighted by Gasteiger charge is -2.20. The largest absolute Gasteiger partial charge is 0.480 e. The Morgan fingerprint density at radius 3 is 2.08 bits per heavy atom. The van der Waals surface area contributed by atoms with Gasteiger partial charge < -0.3 is 14.8 Å². The molecule has 3 rings (SSSR count). The smallest absolute Gasteiger partial charge is 0.327 e. The first-order valence-electron chi connectivity index (χ1n) is 8.71. The molecule has 2 heterocycles. The molecule has 2 N–H and O–H groups in total. The van der Waals surface area contributed by atoms with Gasteiger partial charge in [-0.1, -0.05) is 44.2 Å². The van der Waals surface area contributed by atoms with Crippen LogP contribution in [0.4, 0.5) is 0 Å². The molecule has 0 radical (unpaired) electrons. The molecular formula is C20H21NO5. The van der Waals surface area contributed by atoms with Crippen molar-refractivity contribution < 1.29 is 24.6 Å². The molecule has 6 nitrogen and oxygen atoms in total. The number of nitrogens with zero attached hydrogens (tertiary/aromatic N) is 1. The highest BCUT2D eigenvalue weighted by atomic mass is 16.4. The van der Waals surface area contributed by atoms with Gasteiger partial charge in [-0.3, -0.25) is 14.4 Å². The zero-order valence-electron chi connectivity index (χ0n) is 14.8. The van der Waals surface area contributed by atoms with Gasteiger partial charge in [0.1, 0.15) is 0 Å². The zero-order valence-corrected chi connectivity index (χ0v) is 14.8. The number of aromatic nitrogens is 1. The van der Waals surface area contributed by atoms with E-state index in [0.717, 1.165) is 5.56 Å². The quantitative estimate of drug-likeness (QED) is 0.613. The molecule has 0 spiro atoms. The van der Waals surface area contributed by atoms with Crippen LogP contribution in [0.3, 0.4) is 0 Å². The van der Waals surface area contributed by atoms with Gasteiger partial charge >= 0.3 is 11.9 Å². The van der Waals surface area contributed by atoms with Crippen molar-refractivity contribution in [2.45, 2.75) is 45.1 Å². The third-order valence-electron chi connectivity index (χ3n) is 5.28. The number of hydrogen-bond acceptors (Lipinski definition) is 3. The third-order valence-corrected chi connectivity index (χ3v) is 5.28. The lowest BCUT2D eigenvalue weighted by molar-refractivity contribution is -0.157. The molecule has 1 aliphatic rings. The van der Waals surface area contributed by atoms with E-state index in [0.29, 0.717) is 29.7 Å². The Bertz CT molecular complexity index is 881. The van der Waals surface area contributed by atoms with E-state index in [4.69, 9.17) is 0 Å². The summed E-state index contributed by atoms with van der Waals surface area (Å²) in [5.74, 6) is -2.95. The van der Waals surface area contributed by atoms with Crippen LogP contribution in [-0.2, 0) is 34.4 Å². The van der Waals surface area contributed by atoms with E-state index in [1.54, 1.807) is 28.8 Å². The fourth-order valence-electron chi connectivity index (χ4n) is 4.09. The molecule has 0 amide bonds. The highest BCUT2D eigenvalue weighted by Crippen LogP contribution is 2.43. The van der Waals surface area contributed by atoms with Crippen LogP contribution in [-0.4, -0.2) is 32.5 Å². The maximum absolute atomic E-state index is 13.2. The van der Waals surface area contributed by atoms with E-state index in [-0.39, 0.29) is 24.4 Å². The summed E-state index contributed by atoms with van der Waals surface area (Å²) in [5.41, 5.74) is 0.626. The van der Waals surface area contributed by atoms with Crippen molar-refractivity contribution in [1.29, 1.82) is 0 Å². The normalized spacial score (nSPS) is 14.8. The van der Waals surface area contributed by atoms with E-state index < -0.39 is 17.4 Å². The molecule has 2 aromatic rings. The van der Waals surface area contributed by atoms with E-state index in [2.05, 4.69) is 0 Å². The highest BCUT2D eigenvalue weighted by Gasteiger charge is 2.56. The number of carboxylic acid groups (broad SMARTS) is 2. The molecule has 0 bridgehead atoms. The minimum atomic E-state index is -2.00. The van der Waals surface area contributed by atoms with E-state index in [1.807, 2.05) is 19.9 Å². The lowest BCUT2D eigenvalue weighted by Crippen LogP contribution is -2.42. The maximum atomic E-state index is 13.2. The average Bonchev–Trinajstić information content (AvgIpc) is 3.16. The van der Waals surface area contributed by atoms with Crippen LogP contribution >= 0.6 is 0 Å². The molecule has 26 heavy (non-hydrogen) atoms. The fourth-order valence-corrected chi connectivity index (χ4v) is 4.09. The van der Waals surface area contributed by atoms with Crippen molar-refractivity contribution in [3.8, 4) is 0 Å². The zero-order chi connectivity index (χ0) is 19.1. The van der Waals surface area contributed by atoms with Crippen molar-refractivity contribution in [1.82, 2.24) is 4.57 Å². The Kier molecular flexibility index (Phi) is 4.44. The Morgan fingerprint density at radius 1 is 1.00 bits per heavy atom. The molecule has 1 aromatic heterocycles. The predicted molar refractivity (Wildman–Crippen MR) is 94.6 cm³/mol. The van der Waals surface area contributed by atoms with Crippen molar-refractivity contribution >= 4 is 17.7 Å². The van der Waals surface area contributed by atoms with E-state index in [1.165, 1.54) is 0 Å². The van der Waals surface area contributed by atoms with Crippen LogP contribution in [0.25, 0.3) is 0 Å². The summed E-state index contributed by atoms with van der Waals surface area (Å²) in [6, 6.07) is 8.78. The first-order valence-corrected chi connectivity index (χ1v) is 8.71. The molecular weight excluding hydrogens is 334 g/mol. The SMILES string of the molecule is CCc1c(CC)c2n(c1C(=O)c1ccccc1)CCC2(C(=O)O)C(=O)O. The summed E-state index contributed by atoms with van der Waals surface area (Å²) >= 11 is 0. The Labute approximate surface area is 151 Å². The lowest BCUT2D eigenvalue weighted by atomic mass is 9.80. The summed E-state index contributed by atoms with van der Waals surface area (Å²) in [5, 5.41) is 19.5. The number of aliphatic carboxylic acids is 2. The number of carboxylic acids is 2. The van der Waals surface area contributed by atoms with Gasteiger partial charge in [0.25, 0.3) is 0 Å². The van der Waals surface area contributed by atoms with Crippen molar-refractivity contribution in [2.24, 2.45) is 0 Å². The molecule has 0 unspecified atom stereocenters. The summed E-state index contributed by atoms with van der Waals surface area (Å²) in [4.78, 5) is 37.1. The molecule has 0 saturated carbocycles. The molecule has 0 aliphatic carbocycles. The van der Waals surface area contributed by atoms with Crippen molar-refractivity contribution in [3.63, 3.8) is 0 Å². The first-order chi connectivity index (χ1) is 12.4. The van der Waals surface area contributed by atoms with E-state index in [9.17, 15) is 24.6 Å². The van der Waals surface area contributed by atoms with Crippen LogP contribution in [0.2, 0.25) is 0 Å². The molecule has 0 saturated heterocycles. The topological polar surface area (TPSA) is 96.6 Å². The minimum Gasteiger partial charge on any atom is -0.480 e. The van der Waals surface area contributed by atoms with Crippen LogP contribution in [0.1, 0.15) is 53.1 Å². The second kappa shape index (κ2) is 6.44. The second-order valence-electron chi connectivity index (χ2n) is 6.47. The standard InChI is InChI=1S/C20H21NO5/c1-3-13-14(4-2)17-20(18(23)24,19(25)26)10-11-21(17)15(13)16(22)12-8-6-5-7-9-12/h5-9H,3-4,10-11H2,1-2H3,(H,23,24)(H,25,26). The third kappa shape index (κ3) is 2.29. The van der Waals surface area contributed by atoms with Crippen LogP contribution in [0.5, 0.6) is 0 Å². The molecule has 1 aromatic carbocycles. The molecule has 0 fully saturated rings. The number of rotatable bonds is 6. The number of carbonyl (C=O) groups excluding carboxylic acids is 1. The number of carbonyl (C=O) groups is 3. The van der Waals surface area contributed by atoms with Gasteiger partial charge in [-0.15, -0.1) is 0 Å². The molecule has 1 aliphatic heterocycles. The van der Waals surface area contributed by atoms with Gasteiger partial charge in [0.15, 0.2) is 0 Å². The minimum absolute atomic E-state index is 0.0565. The Morgan fingerprint density at radius 2 is 1.58 bits per heavy atom. The number of hydrogen-bond donors (Lipinski definition) is 2. The first kappa shape index (κ1) is 17.9. The van der Waals surface area contributed by atoms with Crippen LogP contribution in [0.15, 0.2) is 30.3 Å². The summed E-state index contributed by atoms with van der Waals surface area (Å²) in [7, 11) is 0. The number of benzene rings is 1. The monoisotopic (exact) mass is 355 g/mol. The predicted octanol–water partition coefficient (Wildman–Crippen LogP) is 2.65. The van der Waals surface area contributed by atoms with Gasteiger partial charge in [0, 0.05) is 12.1 Å².